The molecule has 1 aromatic heterocycles. The largest absolute Gasteiger partial charge is 0.494 e. The van der Waals surface area contributed by atoms with Crippen molar-refractivity contribution in [1.82, 2.24) is 15.1 Å². The first kappa shape index (κ1) is 24.2. The molecule has 1 aromatic carbocycles. The van der Waals surface area contributed by atoms with Crippen LogP contribution in [0.25, 0.3) is 0 Å². The zero-order chi connectivity index (χ0) is 23.8. The average Bonchev–Trinajstić information content (AvgIpc) is 3.37. The van der Waals surface area contributed by atoms with Crippen LogP contribution in [0.15, 0.2) is 47.1 Å². The second kappa shape index (κ2) is 11.5. The van der Waals surface area contributed by atoms with Gasteiger partial charge in [0, 0.05) is 25.7 Å². The summed E-state index contributed by atoms with van der Waals surface area (Å²) in [4.78, 5) is 40.3. The van der Waals surface area contributed by atoms with E-state index in [1.807, 2.05) is 6.92 Å². The second-order valence-electron chi connectivity index (χ2n) is 7.60. The van der Waals surface area contributed by atoms with E-state index in [-0.39, 0.29) is 30.7 Å². The predicted octanol–water partition coefficient (Wildman–Crippen LogP) is 2.53. The summed E-state index contributed by atoms with van der Waals surface area (Å²) in [5.74, 6) is 0.534. The zero-order valence-corrected chi connectivity index (χ0v) is 19.5. The van der Waals surface area contributed by atoms with Crippen LogP contribution in [0.4, 0.5) is 5.69 Å². The summed E-state index contributed by atoms with van der Waals surface area (Å²) >= 11 is 5.53. The lowest BCUT2D eigenvalue weighted by Gasteiger charge is -2.23. The normalized spacial score (nSPS) is 15.6. The van der Waals surface area contributed by atoms with Gasteiger partial charge in [0.05, 0.1) is 25.8 Å². The Morgan fingerprint density at radius 3 is 2.61 bits per heavy atom. The molecule has 10 heteroatoms. The molecule has 1 aliphatic heterocycles. The number of amides is 3. The highest BCUT2D eigenvalue weighted by Crippen LogP contribution is 2.24. The van der Waals surface area contributed by atoms with Gasteiger partial charge in [-0.3, -0.25) is 19.3 Å². The first-order valence-electron chi connectivity index (χ1n) is 10.8. The molecule has 0 unspecified atom stereocenters. The van der Waals surface area contributed by atoms with Gasteiger partial charge in [0.2, 0.25) is 11.8 Å². The van der Waals surface area contributed by atoms with E-state index in [0.717, 1.165) is 12.2 Å². The van der Waals surface area contributed by atoms with Crippen LogP contribution in [-0.2, 0) is 20.9 Å². The highest BCUT2D eigenvalue weighted by molar-refractivity contribution is 7.80. The summed E-state index contributed by atoms with van der Waals surface area (Å²) in [5, 5.41) is 5.82. The summed E-state index contributed by atoms with van der Waals surface area (Å²) in [6, 6.07) is 9.79. The van der Waals surface area contributed by atoms with Gasteiger partial charge in [-0.1, -0.05) is 6.92 Å². The molecule has 3 amide bonds. The second-order valence-corrected chi connectivity index (χ2v) is 7.97. The van der Waals surface area contributed by atoms with Crippen molar-refractivity contribution >= 4 is 40.7 Å². The van der Waals surface area contributed by atoms with Gasteiger partial charge in [-0.2, -0.15) is 0 Å². The van der Waals surface area contributed by atoms with Crippen molar-refractivity contribution in [2.24, 2.45) is 0 Å². The number of nitrogens with zero attached hydrogens (tertiary/aromatic N) is 2. The molecule has 33 heavy (non-hydrogen) atoms. The number of carbonyl (C=O) groups is 3. The molecule has 1 fully saturated rings. The quantitative estimate of drug-likeness (QED) is 0.484. The van der Waals surface area contributed by atoms with Crippen molar-refractivity contribution in [3.05, 3.63) is 48.4 Å². The van der Waals surface area contributed by atoms with Crippen molar-refractivity contribution in [2.75, 3.05) is 25.0 Å². The van der Waals surface area contributed by atoms with Crippen LogP contribution in [0.3, 0.4) is 0 Å². The van der Waals surface area contributed by atoms with Crippen molar-refractivity contribution in [3.8, 4) is 5.75 Å². The molecule has 2 N–H and O–H groups in total. The third-order valence-corrected chi connectivity index (χ3v) is 5.47. The lowest BCUT2D eigenvalue weighted by Crippen LogP contribution is -2.42. The monoisotopic (exact) mass is 472 g/mol. The predicted molar refractivity (Wildman–Crippen MR) is 127 cm³/mol. The third kappa shape index (κ3) is 6.55. The minimum atomic E-state index is -0.770. The number of hydrogen-bond acceptors (Lipinski definition) is 6. The van der Waals surface area contributed by atoms with Gasteiger partial charge < -0.3 is 24.7 Å². The van der Waals surface area contributed by atoms with E-state index in [2.05, 4.69) is 10.6 Å². The fourth-order valence-electron chi connectivity index (χ4n) is 3.44. The molecule has 0 saturated carbocycles. The standard InChI is InChI=1S/C23H28N4O5S/c1-3-12-31-18-8-6-17(7-9-18)25-21(29)14-20-22(30)27(15-19-5-4-13-32-19)23(33)26(20)11-10-24-16(2)28/h4-9,13,20H,3,10-12,14-15H2,1-2H3,(H,24,28)(H,25,29)/t20-/m1/s1. The highest BCUT2D eigenvalue weighted by Gasteiger charge is 2.43. The highest BCUT2D eigenvalue weighted by atomic mass is 32.1. The van der Waals surface area contributed by atoms with Crippen LogP contribution in [0.1, 0.15) is 32.4 Å². The van der Waals surface area contributed by atoms with Crippen molar-refractivity contribution in [1.29, 1.82) is 0 Å². The molecule has 2 aromatic rings. The van der Waals surface area contributed by atoms with Gasteiger partial charge in [-0.25, -0.2) is 0 Å². The minimum absolute atomic E-state index is 0.0816. The Morgan fingerprint density at radius 2 is 1.97 bits per heavy atom. The number of hydrogen-bond donors (Lipinski definition) is 2. The lowest BCUT2D eigenvalue weighted by atomic mass is 10.1. The Morgan fingerprint density at radius 1 is 1.21 bits per heavy atom. The smallest absolute Gasteiger partial charge is 0.252 e. The Kier molecular flexibility index (Phi) is 8.42. The number of nitrogens with one attached hydrogen (secondary N) is 2. The minimum Gasteiger partial charge on any atom is -0.494 e. The first-order chi connectivity index (χ1) is 15.9. The molecule has 0 bridgehead atoms. The molecular weight excluding hydrogens is 444 g/mol. The number of benzene rings is 1. The number of anilines is 1. The van der Waals surface area contributed by atoms with Crippen molar-refractivity contribution in [3.63, 3.8) is 0 Å². The van der Waals surface area contributed by atoms with Crippen LogP contribution >= 0.6 is 12.2 Å². The Balaban J connectivity index is 1.67. The maximum atomic E-state index is 13.2. The topological polar surface area (TPSA) is 104 Å². The van der Waals surface area contributed by atoms with E-state index in [1.54, 1.807) is 41.3 Å². The maximum Gasteiger partial charge on any atom is 0.252 e. The van der Waals surface area contributed by atoms with E-state index >= 15 is 0 Å². The summed E-state index contributed by atoms with van der Waals surface area (Å²) in [6.07, 6.45) is 2.35. The van der Waals surface area contributed by atoms with E-state index in [9.17, 15) is 14.4 Å². The maximum absolute atomic E-state index is 13.2. The Bertz CT molecular complexity index is 977. The molecule has 3 rings (SSSR count). The van der Waals surface area contributed by atoms with Gasteiger partial charge in [-0.15, -0.1) is 0 Å². The molecular formula is C23H28N4O5S. The molecule has 1 aliphatic rings. The SMILES string of the molecule is CCCOc1ccc(NC(=O)C[C@@H]2C(=O)N(Cc3ccco3)C(=S)N2CCNC(C)=O)cc1. The van der Waals surface area contributed by atoms with Gasteiger partial charge >= 0.3 is 0 Å². The molecule has 2 heterocycles. The van der Waals surface area contributed by atoms with Crippen molar-refractivity contribution < 1.29 is 23.5 Å². The van der Waals surface area contributed by atoms with E-state index in [0.29, 0.717) is 36.3 Å². The molecule has 0 radical (unpaired) electrons. The lowest BCUT2D eigenvalue weighted by molar-refractivity contribution is -0.131. The Hall–Kier alpha value is -3.40. The molecule has 0 spiro atoms. The van der Waals surface area contributed by atoms with Gasteiger partial charge in [0.25, 0.3) is 5.91 Å². The molecule has 176 valence electrons. The molecule has 1 atom stereocenters. The summed E-state index contributed by atoms with van der Waals surface area (Å²) in [5.41, 5.74) is 0.606. The number of furan rings is 1. The van der Waals surface area contributed by atoms with Gasteiger partial charge in [-0.05, 0) is 55.0 Å². The van der Waals surface area contributed by atoms with Crippen LogP contribution in [0.2, 0.25) is 0 Å². The molecule has 1 saturated heterocycles. The van der Waals surface area contributed by atoms with Crippen LogP contribution < -0.4 is 15.4 Å². The first-order valence-corrected chi connectivity index (χ1v) is 11.2. The third-order valence-electron chi connectivity index (χ3n) is 5.01. The van der Waals surface area contributed by atoms with Crippen LogP contribution in [-0.4, -0.2) is 58.4 Å². The number of rotatable bonds is 11. The zero-order valence-electron chi connectivity index (χ0n) is 18.7. The summed E-state index contributed by atoms with van der Waals surface area (Å²) in [7, 11) is 0. The number of ether oxygens (including phenoxy) is 1. The fourth-order valence-corrected chi connectivity index (χ4v) is 3.82. The van der Waals surface area contributed by atoms with Gasteiger partial charge in [0.15, 0.2) is 5.11 Å². The fraction of sp³-hybridized carbons (Fsp3) is 0.391. The van der Waals surface area contributed by atoms with E-state index in [4.69, 9.17) is 21.4 Å². The van der Waals surface area contributed by atoms with E-state index < -0.39 is 6.04 Å². The summed E-state index contributed by atoms with van der Waals surface area (Å²) in [6.45, 7) is 4.85. The molecule has 9 nitrogen and oxygen atoms in total. The number of carbonyl (C=O) groups excluding carboxylic acids is 3. The summed E-state index contributed by atoms with van der Waals surface area (Å²) < 4.78 is 10.9. The van der Waals surface area contributed by atoms with E-state index in [1.165, 1.54) is 18.1 Å². The van der Waals surface area contributed by atoms with Crippen molar-refractivity contribution in [2.45, 2.75) is 39.3 Å². The Labute approximate surface area is 198 Å². The molecule has 0 aliphatic carbocycles. The van der Waals surface area contributed by atoms with Crippen LogP contribution in [0.5, 0.6) is 5.75 Å². The van der Waals surface area contributed by atoms with Gasteiger partial charge in [0.1, 0.15) is 17.6 Å². The average molecular weight is 473 g/mol. The van der Waals surface area contributed by atoms with Crippen LogP contribution in [0, 0.1) is 0 Å². The number of thiocarbonyl (C=S) groups is 1.